The Labute approximate surface area is 198 Å². The van der Waals surface area contributed by atoms with E-state index in [4.69, 9.17) is 38.6 Å². The fraction of sp³-hybridized carbons (Fsp3) is 0.619. The van der Waals surface area contributed by atoms with Crippen LogP contribution < -0.4 is 11.5 Å². The summed E-state index contributed by atoms with van der Waals surface area (Å²) in [5.41, 5.74) is 13.0. The van der Waals surface area contributed by atoms with Crippen LogP contribution in [0.2, 0.25) is 13.1 Å². The number of primary amides is 2. The van der Waals surface area contributed by atoms with E-state index in [1.165, 1.54) is 0 Å². The fourth-order valence-electron chi connectivity index (χ4n) is 3.97. The first kappa shape index (κ1) is 29.1. The number of carbonyl (C=O) groups is 2. The molecule has 0 fully saturated rings. The molecule has 4 N–H and O–H groups in total. The van der Waals surface area contributed by atoms with E-state index in [-0.39, 0.29) is 24.3 Å². The zero-order valence-corrected chi connectivity index (χ0v) is 22.6. The van der Waals surface area contributed by atoms with Crippen molar-refractivity contribution in [1.29, 1.82) is 0 Å². The van der Waals surface area contributed by atoms with Crippen LogP contribution in [0, 0.1) is 6.92 Å². The van der Waals surface area contributed by atoms with Crippen molar-refractivity contribution in [2.75, 3.05) is 41.7 Å². The summed E-state index contributed by atoms with van der Waals surface area (Å²) in [5, 5.41) is 0. The lowest BCUT2D eigenvalue weighted by molar-refractivity contribution is 0.150. The van der Waals surface area contributed by atoms with E-state index in [1.807, 2.05) is 32.2 Å². The van der Waals surface area contributed by atoms with Gasteiger partial charge in [-0.2, -0.15) is 0 Å². The van der Waals surface area contributed by atoms with Crippen LogP contribution in [-0.4, -0.2) is 71.0 Å². The predicted octanol–water partition coefficient (Wildman–Crippen LogP) is 2.94. The van der Waals surface area contributed by atoms with Gasteiger partial charge < -0.3 is 38.6 Å². The van der Waals surface area contributed by atoms with E-state index >= 15 is 0 Å². The van der Waals surface area contributed by atoms with E-state index in [0.29, 0.717) is 12.8 Å². The highest BCUT2D eigenvalue weighted by Gasteiger charge is 2.43. The number of carbonyl (C=O) groups excluding carboxylic acids is 2. The van der Waals surface area contributed by atoms with Gasteiger partial charge in [-0.15, -0.1) is 0 Å². The lowest BCUT2D eigenvalue weighted by atomic mass is 9.98. The summed E-state index contributed by atoms with van der Waals surface area (Å²) in [4.78, 5) is 22.2. The van der Waals surface area contributed by atoms with Crippen molar-refractivity contribution in [1.82, 2.24) is 0 Å². The molecule has 188 valence electrons. The predicted molar refractivity (Wildman–Crippen MR) is 128 cm³/mol. The maximum Gasteiger partial charge on any atom is 0.404 e. The highest BCUT2D eigenvalue weighted by molar-refractivity contribution is 6.68. The minimum Gasteiger partial charge on any atom is -0.450 e. The van der Waals surface area contributed by atoms with Crippen LogP contribution in [-0.2, 0) is 27.2 Å². The van der Waals surface area contributed by atoms with Crippen LogP contribution in [0.25, 0.3) is 0 Å². The van der Waals surface area contributed by atoms with Gasteiger partial charge in [-0.3, -0.25) is 0 Å². The van der Waals surface area contributed by atoms with E-state index in [9.17, 15) is 9.59 Å². The fourth-order valence-corrected chi connectivity index (χ4v) is 8.39. The Morgan fingerprint density at radius 1 is 0.818 bits per heavy atom. The number of amides is 2. The summed E-state index contributed by atoms with van der Waals surface area (Å²) in [6, 6.07) is 6.13. The van der Waals surface area contributed by atoms with Gasteiger partial charge in [0.25, 0.3) is 0 Å². The van der Waals surface area contributed by atoms with Gasteiger partial charge in [0, 0.05) is 39.5 Å². The highest BCUT2D eigenvalue weighted by Crippen LogP contribution is 2.38. The molecule has 1 aromatic carbocycles. The molecule has 1 aromatic rings. The molecule has 12 heteroatoms. The molecule has 2 amide bonds. The molecule has 0 heterocycles. The van der Waals surface area contributed by atoms with Gasteiger partial charge in [0.05, 0.1) is 13.2 Å². The first-order valence-corrected chi connectivity index (χ1v) is 15.4. The molecule has 0 radical (unpaired) electrons. The van der Waals surface area contributed by atoms with Crippen molar-refractivity contribution in [3.05, 3.63) is 34.9 Å². The van der Waals surface area contributed by atoms with E-state index in [0.717, 1.165) is 16.7 Å². The Kier molecular flexibility index (Phi) is 11.5. The van der Waals surface area contributed by atoms with Gasteiger partial charge in [0.2, 0.25) is 0 Å². The van der Waals surface area contributed by atoms with Gasteiger partial charge in [0.15, 0.2) is 0 Å². The maximum atomic E-state index is 11.1. The molecule has 1 rings (SSSR count). The lowest BCUT2D eigenvalue weighted by Crippen LogP contribution is -2.45. The Morgan fingerprint density at radius 2 is 1.24 bits per heavy atom. The molecule has 10 nitrogen and oxygen atoms in total. The summed E-state index contributed by atoms with van der Waals surface area (Å²) < 4.78 is 33.4. The largest absolute Gasteiger partial charge is 0.450 e. The summed E-state index contributed by atoms with van der Waals surface area (Å²) in [6.07, 6.45) is -0.688. The molecule has 2 atom stereocenters. The minimum absolute atomic E-state index is 0.136. The molecular weight excluding hydrogens is 464 g/mol. The van der Waals surface area contributed by atoms with Crippen LogP contribution in [0.4, 0.5) is 9.59 Å². The van der Waals surface area contributed by atoms with Gasteiger partial charge in [-0.25, -0.2) is 9.59 Å². The molecule has 0 aliphatic rings. The smallest absolute Gasteiger partial charge is 0.404 e. The molecule has 0 aliphatic heterocycles. The van der Waals surface area contributed by atoms with E-state index in [1.54, 1.807) is 28.4 Å². The summed E-state index contributed by atoms with van der Waals surface area (Å²) in [7, 11) is 1.11. The van der Waals surface area contributed by atoms with Gasteiger partial charge in [0.1, 0.15) is 0 Å². The Balaban J connectivity index is 3.49. The van der Waals surface area contributed by atoms with Gasteiger partial charge >= 0.3 is 29.3 Å². The third-order valence-corrected chi connectivity index (χ3v) is 13.3. The van der Waals surface area contributed by atoms with Crippen LogP contribution in [0.5, 0.6) is 0 Å². The maximum absolute atomic E-state index is 11.1. The Hall–Kier alpha value is -1.97. The van der Waals surface area contributed by atoms with Gasteiger partial charge in [-0.1, -0.05) is 18.2 Å². The summed E-state index contributed by atoms with van der Waals surface area (Å²) >= 11 is 0. The second kappa shape index (κ2) is 13.1. The molecule has 33 heavy (non-hydrogen) atoms. The molecule has 0 aliphatic carbocycles. The van der Waals surface area contributed by atoms with Crippen LogP contribution in [0.3, 0.4) is 0 Å². The minimum atomic E-state index is -2.70. The summed E-state index contributed by atoms with van der Waals surface area (Å²) in [6.45, 7) is 6.21. The average Bonchev–Trinajstić information content (AvgIpc) is 2.79. The highest BCUT2D eigenvalue weighted by atomic mass is 28.4. The zero-order valence-electron chi connectivity index (χ0n) is 20.6. The second-order valence-corrected chi connectivity index (χ2v) is 15.1. The molecule has 0 aromatic heterocycles. The monoisotopic (exact) mass is 502 g/mol. The van der Waals surface area contributed by atoms with Crippen molar-refractivity contribution >= 4 is 29.3 Å². The molecular formula is C21H38N2O8Si2. The Morgan fingerprint density at radius 3 is 1.67 bits per heavy atom. The molecule has 0 saturated carbocycles. The molecule has 0 saturated heterocycles. The molecule has 0 bridgehead atoms. The van der Waals surface area contributed by atoms with Crippen molar-refractivity contribution in [3.63, 3.8) is 0 Å². The first-order chi connectivity index (χ1) is 15.5. The van der Waals surface area contributed by atoms with Crippen LogP contribution in [0.15, 0.2) is 18.2 Å². The number of ether oxygens (including phenoxy) is 2. The Bertz CT molecular complexity index is 788. The number of aryl methyl sites for hydroxylation is 1. The standard InChI is InChI=1S/C21H38N2O8Si2/c1-15-8-9-16(18(10-12-30-20(22)24)32(6,26-2)27-3)14-17(15)19(11-13-31-21(23)25)33(7,28-4)29-5/h8-9,14,18-19H,10-13H2,1-7H3,(H2,22,24)(H2,23,25). The number of benzene rings is 1. The van der Waals surface area contributed by atoms with Gasteiger partial charge in [-0.05, 0) is 49.5 Å². The van der Waals surface area contributed by atoms with Crippen molar-refractivity contribution in [3.8, 4) is 0 Å². The topological polar surface area (TPSA) is 142 Å². The SMILES string of the molecule is CO[Si](C)(OC)C(CCOC(N)=O)c1ccc(C)c(C(CCOC(N)=O)[Si](C)(OC)OC)c1. The van der Waals surface area contributed by atoms with Crippen molar-refractivity contribution < 1.29 is 36.8 Å². The molecule has 0 spiro atoms. The number of nitrogens with two attached hydrogens (primary N) is 2. The van der Waals surface area contributed by atoms with Crippen molar-refractivity contribution in [2.24, 2.45) is 11.5 Å². The van der Waals surface area contributed by atoms with Crippen LogP contribution >= 0.6 is 0 Å². The first-order valence-electron chi connectivity index (χ1n) is 10.6. The van der Waals surface area contributed by atoms with Crippen molar-refractivity contribution in [2.45, 2.75) is 43.9 Å². The lowest BCUT2D eigenvalue weighted by Gasteiger charge is -2.35. The van der Waals surface area contributed by atoms with Crippen LogP contribution in [0.1, 0.15) is 40.6 Å². The number of hydrogen-bond acceptors (Lipinski definition) is 8. The second-order valence-electron chi connectivity index (χ2n) is 7.98. The number of hydrogen-bond donors (Lipinski definition) is 2. The summed E-state index contributed by atoms with van der Waals surface area (Å²) in [5.74, 6) is 0. The third kappa shape index (κ3) is 7.79. The zero-order chi connectivity index (χ0) is 25.2. The number of rotatable bonds is 14. The molecule has 2 unspecified atom stereocenters. The quantitative estimate of drug-likeness (QED) is 0.370. The normalized spacial score (nSPS) is 13.9. The average molecular weight is 503 g/mol. The third-order valence-electron chi connectivity index (χ3n) is 6.27. The van der Waals surface area contributed by atoms with E-state index < -0.39 is 29.3 Å². The van der Waals surface area contributed by atoms with E-state index in [2.05, 4.69) is 6.07 Å².